The Kier molecular flexibility index (Phi) is 3.92. The van der Waals surface area contributed by atoms with Crippen molar-refractivity contribution in [2.24, 2.45) is 22.7 Å². The highest BCUT2D eigenvalue weighted by Gasteiger charge is 2.80. The molecule has 3 saturated carbocycles. The van der Waals surface area contributed by atoms with E-state index in [2.05, 4.69) is 6.92 Å². The van der Waals surface area contributed by atoms with Crippen LogP contribution in [0.25, 0.3) is 0 Å². The lowest BCUT2D eigenvalue weighted by atomic mass is 9.35. The average Bonchev–Trinajstić information content (AvgIpc) is 2.66. The van der Waals surface area contributed by atoms with Crippen LogP contribution in [-0.2, 0) is 14.8 Å². The van der Waals surface area contributed by atoms with Crippen molar-refractivity contribution >= 4 is 15.8 Å². The molecule has 4 unspecified atom stereocenters. The predicted octanol–water partition coefficient (Wildman–Crippen LogP) is 2.66. The van der Waals surface area contributed by atoms with Gasteiger partial charge >= 0.3 is 0 Å². The van der Waals surface area contributed by atoms with Crippen LogP contribution in [0.5, 0.6) is 0 Å². The summed E-state index contributed by atoms with van der Waals surface area (Å²) in [5.41, 5.74) is -1.77. The van der Waals surface area contributed by atoms with E-state index in [1.807, 2.05) is 27.7 Å². The number of nitrogens with zero attached hydrogens (tertiary/aromatic N) is 2. The Morgan fingerprint density at radius 2 is 1.70 bits per heavy atom. The Bertz CT molecular complexity index is 774. The number of piperidine rings is 1. The van der Waals surface area contributed by atoms with Gasteiger partial charge in [0.1, 0.15) is 5.78 Å². The molecular weight excluding hydrogens is 364 g/mol. The summed E-state index contributed by atoms with van der Waals surface area (Å²) in [5, 5.41) is 11.9. The standard InChI is InChI=1S/C20H34N2O4S/c1-17(2)10-14(11-18(3,4)22(17)24)21(6)27(25,26)12-20-8-7-13-9-15(16(20)23)19(13,20)5/h13-15,24H,7-12H2,1-6H3. The maximum Gasteiger partial charge on any atom is 0.215 e. The quantitative estimate of drug-likeness (QED) is 0.788. The molecule has 0 amide bonds. The van der Waals surface area contributed by atoms with Crippen LogP contribution in [-0.4, -0.2) is 58.7 Å². The van der Waals surface area contributed by atoms with Crippen LogP contribution in [0.15, 0.2) is 0 Å². The Balaban J connectivity index is 1.57. The largest absolute Gasteiger partial charge is 0.313 e. The average molecular weight is 399 g/mol. The number of hydroxylamine groups is 2. The van der Waals surface area contributed by atoms with Crippen molar-refractivity contribution in [1.82, 2.24) is 9.37 Å². The molecule has 0 aromatic carbocycles. The molecule has 0 aromatic rings. The van der Waals surface area contributed by atoms with E-state index < -0.39 is 26.5 Å². The zero-order valence-corrected chi connectivity index (χ0v) is 18.3. The molecule has 1 aliphatic heterocycles. The van der Waals surface area contributed by atoms with Gasteiger partial charge in [0, 0.05) is 30.1 Å². The molecule has 1 N–H and O–H groups in total. The van der Waals surface area contributed by atoms with Crippen molar-refractivity contribution < 1.29 is 18.4 Å². The van der Waals surface area contributed by atoms with Crippen LogP contribution in [0.1, 0.15) is 66.7 Å². The van der Waals surface area contributed by atoms with Crippen LogP contribution in [0, 0.1) is 22.7 Å². The van der Waals surface area contributed by atoms with Gasteiger partial charge in [-0.15, -0.1) is 0 Å². The molecule has 0 spiro atoms. The highest BCUT2D eigenvalue weighted by atomic mass is 32.2. The van der Waals surface area contributed by atoms with E-state index in [0.717, 1.165) is 19.3 Å². The maximum atomic E-state index is 13.4. The van der Waals surface area contributed by atoms with Crippen molar-refractivity contribution in [3.63, 3.8) is 0 Å². The van der Waals surface area contributed by atoms with Gasteiger partial charge in [-0.3, -0.25) is 4.79 Å². The summed E-state index contributed by atoms with van der Waals surface area (Å²) in [4.78, 5) is 12.8. The second kappa shape index (κ2) is 5.35. The minimum absolute atomic E-state index is 0.0426. The fraction of sp³-hybridized carbons (Fsp3) is 0.950. The number of ketones is 1. The molecule has 6 nitrogen and oxygen atoms in total. The number of Topliss-reactive ketones (excluding diaryl/α,β-unsaturated/α-hetero) is 1. The van der Waals surface area contributed by atoms with Crippen molar-refractivity contribution in [2.45, 2.75) is 83.8 Å². The van der Waals surface area contributed by atoms with Gasteiger partial charge in [-0.25, -0.2) is 12.7 Å². The predicted molar refractivity (Wildman–Crippen MR) is 103 cm³/mol. The van der Waals surface area contributed by atoms with Crippen molar-refractivity contribution in [3.05, 3.63) is 0 Å². The van der Waals surface area contributed by atoms with E-state index in [1.165, 1.54) is 9.37 Å². The molecule has 4 atom stereocenters. The molecule has 0 aromatic heterocycles. The fourth-order valence-electron chi connectivity index (χ4n) is 7.17. The summed E-state index contributed by atoms with van der Waals surface area (Å²) in [6.07, 6.45) is 3.80. The highest BCUT2D eigenvalue weighted by molar-refractivity contribution is 7.89. The third-order valence-electron chi connectivity index (χ3n) is 8.83. The number of hydrogen-bond acceptors (Lipinski definition) is 5. The Hall–Kier alpha value is -0.500. The van der Waals surface area contributed by atoms with E-state index in [-0.39, 0.29) is 28.9 Å². The zero-order chi connectivity index (χ0) is 20.2. The summed E-state index contributed by atoms with van der Waals surface area (Å²) in [6.45, 7) is 9.91. The number of carbonyl (C=O) groups excluding carboxylic acids is 1. The number of sulfonamides is 1. The first kappa shape index (κ1) is 19.8. The number of rotatable bonds is 4. The minimum atomic E-state index is -3.56. The first-order chi connectivity index (χ1) is 12.2. The van der Waals surface area contributed by atoms with E-state index in [1.54, 1.807) is 7.05 Å². The Morgan fingerprint density at radius 3 is 2.26 bits per heavy atom. The van der Waals surface area contributed by atoms with Gasteiger partial charge in [0.15, 0.2) is 0 Å². The molecule has 4 rings (SSSR count). The monoisotopic (exact) mass is 398 g/mol. The topological polar surface area (TPSA) is 77.9 Å². The first-order valence-electron chi connectivity index (χ1n) is 10.2. The van der Waals surface area contributed by atoms with Crippen LogP contribution in [0.2, 0.25) is 0 Å². The lowest BCUT2D eigenvalue weighted by molar-refractivity contribution is -0.249. The molecule has 0 radical (unpaired) electrons. The molecule has 0 bridgehead atoms. The highest BCUT2D eigenvalue weighted by Crippen LogP contribution is 2.78. The van der Waals surface area contributed by atoms with Crippen LogP contribution < -0.4 is 0 Å². The van der Waals surface area contributed by atoms with Gasteiger partial charge in [-0.2, -0.15) is 5.06 Å². The molecule has 27 heavy (non-hydrogen) atoms. The summed E-state index contributed by atoms with van der Waals surface area (Å²) in [5.74, 6) is 0.776. The van der Waals surface area contributed by atoms with Crippen molar-refractivity contribution in [1.29, 1.82) is 0 Å². The van der Waals surface area contributed by atoms with E-state index >= 15 is 0 Å². The van der Waals surface area contributed by atoms with E-state index in [9.17, 15) is 18.4 Å². The SMILES string of the molecule is CN(C1CC(C)(C)N(O)C(C)(C)C1)S(=O)(=O)CC12CCC3CC(C1=O)C32C. The zero-order valence-electron chi connectivity index (χ0n) is 17.4. The third kappa shape index (κ3) is 2.29. The van der Waals surface area contributed by atoms with Crippen molar-refractivity contribution in [2.75, 3.05) is 12.8 Å². The Morgan fingerprint density at radius 1 is 1.15 bits per heavy atom. The van der Waals surface area contributed by atoms with Gasteiger partial charge < -0.3 is 5.21 Å². The van der Waals surface area contributed by atoms with E-state index in [0.29, 0.717) is 18.8 Å². The van der Waals surface area contributed by atoms with E-state index in [4.69, 9.17) is 0 Å². The first-order valence-corrected chi connectivity index (χ1v) is 11.8. The summed E-state index contributed by atoms with van der Waals surface area (Å²) in [7, 11) is -1.90. The molecule has 4 aliphatic rings. The minimum Gasteiger partial charge on any atom is -0.313 e. The fourth-order valence-corrected chi connectivity index (χ4v) is 9.20. The molecule has 3 aliphatic carbocycles. The van der Waals surface area contributed by atoms with Gasteiger partial charge in [0.05, 0.1) is 11.2 Å². The normalized spacial score (nSPS) is 43.3. The smallest absolute Gasteiger partial charge is 0.215 e. The van der Waals surface area contributed by atoms with Crippen LogP contribution in [0.3, 0.4) is 0 Å². The molecule has 7 heteroatoms. The lowest BCUT2D eigenvalue weighted by Crippen LogP contribution is -2.73. The molecule has 154 valence electrons. The third-order valence-corrected chi connectivity index (χ3v) is 10.9. The molecule has 1 saturated heterocycles. The van der Waals surface area contributed by atoms with Crippen molar-refractivity contribution in [3.8, 4) is 0 Å². The summed E-state index contributed by atoms with van der Waals surface area (Å²) in [6, 6.07) is -0.183. The molecule has 1 heterocycles. The second-order valence-electron chi connectivity index (χ2n) is 11.0. The van der Waals surface area contributed by atoms with Gasteiger partial charge in [-0.05, 0) is 71.1 Å². The second-order valence-corrected chi connectivity index (χ2v) is 13.1. The molecule has 4 fully saturated rings. The molecular formula is C20H34N2O4S. The van der Waals surface area contributed by atoms with Gasteiger partial charge in [0.2, 0.25) is 10.0 Å². The van der Waals surface area contributed by atoms with Gasteiger partial charge in [-0.1, -0.05) is 6.92 Å². The maximum absolute atomic E-state index is 13.4. The Labute approximate surface area is 163 Å². The summed E-state index contributed by atoms with van der Waals surface area (Å²) < 4.78 is 28.3. The number of carbonyl (C=O) groups is 1. The summed E-state index contributed by atoms with van der Waals surface area (Å²) >= 11 is 0. The van der Waals surface area contributed by atoms with Crippen LogP contribution >= 0.6 is 0 Å². The van der Waals surface area contributed by atoms with Gasteiger partial charge in [0.25, 0.3) is 0 Å². The lowest BCUT2D eigenvalue weighted by Gasteiger charge is -2.67. The van der Waals surface area contributed by atoms with Crippen LogP contribution in [0.4, 0.5) is 0 Å². The number of hydrogen-bond donors (Lipinski definition) is 1.